The van der Waals surface area contributed by atoms with E-state index in [-0.39, 0.29) is 12.0 Å². The van der Waals surface area contributed by atoms with Gasteiger partial charge in [-0.3, -0.25) is 4.79 Å². The van der Waals surface area contributed by atoms with Crippen LogP contribution >= 0.6 is 0 Å². The Hall–Kier alpha value is -0.610. The number of hydrogen-bond donors (Lipinski definition) is 1. The zero-order valence-corrected chi connectivity index (χ0v) is 14.7. The van der Waals surface area contributed by atoms with Gasteiger partial charge in [-0.15, -0.1) is 0 Å². The SMILES string of the molecule is CC1CCC(N(CC2CCCO2)C(=O)[C@@H]2CCC[C@@H]2CN)CC1. The lowest BCUT2D eigenvalue weighted by Gasteiger charge is -2.39. The van der Waals surface area contributed by atoms with Crippen molar-refractivity contribution in [3.63, 3.8) is 0 Å². The molecule has 1 heterocycles. The predicted molar refractivity (Wildman–Crippen MR) is 92.0 cm³/mol. The van der Waals surface area contributed by atoms with Crippen molar-refractivity contribution in [2.24, 2.45) is 23.5 Å². The molecule has 0 aromatic carbocycles. The molecule has 1 saturated heterocycles. The van der Waals surface area contributed by atoms with E-state index in [0.29, 0.717) is 24.4 Å². The van der Waals surface area contributed by atoms with Gasteiger partial charge in [0.25, 0.3) is 0 Å². The minimum absolute atomic E-state index is 0.167. The Morgan fingerprint density at radius 3 is 2.52 bits per heavy atom. The van der Waals surface area contributed by atoms with Crippen molar-refractivity contribution >= 4 is 5.91 Å². The number of hydrogen-bond acceptors (Lipinski definition) is 3. The first kappa shape index (κ1) is 17.2. The van der Waals surface area contributed by atoms with Gasteiger partial charge in [-0.05, 0) is 69.7 Å². The van der Waals surface area contributed by atoms with E-state index in [1.54, 1.807) is 0 Å². The van der Waals surface area contributed by atoms with Crippen molar-refractivity contribution < 1.29 is 9.53 Å². The largest absolute Gasteiger partial charge is 0.376 e. The zero-order valence-electron chi connectivity index (χ0n) is 14.7. The number of amides is 1. The molecule has 2 saturated carbocycles. The van der Waals surface area contributed by atoms with Crippen molar-refractivity contribution in [3.05, 3.63) is 0 Å². The van der Waals surface area contributed by atoms with E-state index in [0.717, 1.165) is 51.2 Å². The first-order valence-corrected chi connectivity index (χ1v) is 9.81. The summed E-state index contributed by atoms with van der Waals surface area (Å²) in [4.78, 5) is 15.5. The second-order valence-corrected chi connectivity index (χ2v) is 8.07. The van der Waals surface area contributed by atoms with Gasteiger partial charge in [-0.25, -0.2) is 0 Å². The highest BCUT2D eigenvalue weighted by molar-refractivity contribution is 5.80. The maximum atomic E-state index is 13.3. The fourth-order valence-corrected chi connectivity index (χ4v) is 4.84. The van der Waals surface area contributed by atoms with Crippen molar-refractivity contribution in [1.29, 1.82) is 0 Å². The minimum Gasteiger partial charge on any atom is -0.376 e. The highest BCUT2D eigenvalue weighted by Crippen LogP contribution is 2.35. The summed E-state index contributed by atoms with van der Waals surface area (Å²) in [7, 11) is 0. The van der Waals surface area contributed by atoms with Gasteiger partial charge in [0.2, 0.25) is 5.91 Å². The molecule has 1 amide bonds. The summed E-state index contributed by atoms with van der Waals surface area (Å²) in [6, 6.07) is 0.432. The topological polar surface area (TPSA) is 55.6 Å². The number of nitrogens with zero attached hydrogens (tertiary/aromatic N) is 1. The van der Waals surface area contributed by atoms with E-state index in [1.807, 2.05) is 0 Å². The van der Waals surface area contributed by atoms with Crippen LogP contribution in [0.25, 0.3) is 0 Å². The van der Waals surface area contributed by atoms with Crippen LogP contribution < -0.4 is 5.73 Å². The normalized spacial score (nSPS) is 37.9. The van der Waals surface area contributed by atoms with Crippen molar-refractivity contribution in [1.82, 2.24) is 4.90 Å². The van der Waals surface area contributed by atoms with Gasteiger partial charge in [0, 0.05) is 25.1 Å². The Balaban J connectivity index is 1.69. The van der Waals surface area contributed by atoms with Crippen LogP contribution in [0.2, 0.25) is 0 Å². The molecule has 2 N–H and O–H groups in total. The van der Waals surface area contributed by atoms with Crippen LogP contribution in [0.1, 0.15) is 64.7 Å². The summed E-state index contributed by atoms with van der Waals surface area (Å²) in [6.07, 6.45) is 10.7. The lowest BCUT2D eigenvalue weighted by molar-refractivity contribution is -0.141. The molecule has 0 bridgehead atoms. The molecule has 4 heteroatoms. The molecule has 132 valence electrons. The molecule has 1 unspecified atom stereocenters. The maximum Gasteiger partial charge on any atom is 0.226 e. The van der Waals surface area contributed by atoms with Gasteiger partial charge in [-0.2, -0.15) is 0 Å². The number of nitrogens with two attached hydrogens (primary N) is 1. The second kappa shape index (κ2) is 7.98. The van der Waals surface area contributed by atoms with Crippen LogP contribution in [0, 0.1) is 17.8 Å². The first-order chi connectivity index (χ1) is 11.2. The van der Waals surface area contributed by atoms with Gasteiger partial charge < -0.3 is 15.4 Å². The van der Waals surface area contributed by atoms with Gasteiger partial charge in [0.1, 0.15) is 0 Å². The van der Waals surface area contributed by atoms with Crippen molar-refractivity contribution in [3.8, 4) is 0 Å². The second-order valence-electron chi connectivity index (χ2n) is 8.07. The summed E-state index contributed by atoms with van der Waals surface area (Å²) in [5.74, 6) is 1.76. The molecule has 3 aliphatic rings. The van der Waals surface area contributed by atoms with Crippen LogP contribution in [-0.4, -0.2) is 42.6 Å². The molecule has 0 aromatic heterocycles. The lowest BCUT2D eigenvalue weighted by Crippen LogP contribution is -2.49. The van der Waals surface area contributed by atoms with Crippen LogP contribution in [0.5, 0.6) is 0 Å². The molecule has 1 aliphatic heterocycles. The quantitative estimate of drug-likeness (QED) is 0.846. The van der Waals surface area contributed by atoms with E-state index in [2.05, 4.69) is 11.8 Å². The Labute approximate surface area is 141 Å². The van der Waals surface area contributed by atoms with Crippen LogP contribution in [-0.2, 0) is 9.53 Å². The monoisotopic (exact) mass is 322 g/mol. The standard InChI is InChI=1S/C19H34N2O2/c1-14-7-9-16(10-8-14)21(13-17-5-3-11-23-17)19(22)18-6-2-4-15(18)12-20/h14-18H,2-13,20H2,1H3/t14?,15-,16?,17?,18-/m1/s1. The predicted octanol–water partition coefficient (Wildman–Crippen LogP) is 2.95. The Morgan fingerprint density at radius 1 is 1.09 bits per heavy atom. The first-order valence-electron chi connectivity index (χ1n) is 9.81. The Bertz CT molecular complexity index is 387. The number of ether oxygens (including phenoxy) is 1. The van der Waals surface area contributed by atoms with Gasteiger partial charge in [-0.1, -0.05) is 13.3 Å². The maximum absolute atomic E-state index is 13.3. The molecule has 23 heavy (non-hydrogen) atoms. The average molecular weight is 322 g/mol. The van der Waals surface area contributed by atoms with Crippen LogP contribution in [0.3, 0.4) is 0 Å². The third-order valence-corrected chi connectivity index (χ3v) is 6.41. The number of rotatable bonds is 5. The van der Waals surface area contributed by atoms with Crippen LogP contribution in [0.4, 0.5) is 0 Å². The highest BCUT2D eigenvalue weighted by atomic mass is 16.5. The third-order valence-electron chi connectivity index (χ3n) is 6.41. The lowest BCUT2D eigenvalue weighted by atomic mass is 9.85. The Kier molecular flexibility index (Phi) is 5.97. The number of carbonyl (C=O) groups is 1. The fourth-order valence-electron chi connectivity index (χ4n) is 4.84. The fraction of sp³-hybridized carbons (Fsp3) is 0.947. The van der Waals surface area contributed by atoms with E-state index < -0.39 is 0 Å². The van der Waals surface area contributed by atoms with Gasteiger partial charge in [0.05, 0.1) is 6.10 Å². The van der Waals surface area contributed by atoms with Gasteiger partial charge >= 0.3 is 0 Å². The van der Waals surface area contributed by atoms with E-state index in [1.165, 1.54) is 25.7 Å². The minimum atomic E-state index is 0.167. The molecule has 3 rings (SSSR count). The van der Waals surface area contributed by atoms with E-state index in [9.17, 15) is 4.79 Å². The molecule has 3 atom stereocenters. The zero-order chi connectivity index (χ0) is 16.2. The molecule has 3 fully saturated rings. The summed E-state index contributed by atoms with van der Waals surface area (Å²) >= 11 is 0. The summed E-state index contributed by atoms with van der Waals surface area (Å²) in [5.41, 5.74) is 5.93. The smallest absolute Gasteiger partial charge is 0.226 e. The molecular formula is C19H34N2O2. The van der Waals surface area contributed by atoms with Crippen molar-refractivity contribution in [2.75, 3.05) is 19.7 Å². The third kappa shape index (κ3) is 4.08. The van der Waals surface area contributed by atoms with E-state index in [4.69, 9.17) is 10.5 Å². The molecular weight excluding hydrogens is 288 g/mol. The van der Waals surface area contributed by atoms with Gasteiger partial charge in [0.15, 0.2) is 0 Å². The summed E-state index contributed by atoms with van der Waals surface area (Å²) < 4.78 is 5.84. The summed E-state index contributed by atoms with van der Waals surface area (Å²) in [5, 5.41) is 0. The Morgan fingerprint density at radius 2 is 1.87 bits per heavy atom. The molecule has 0 radical (unpaired) electrons. The van der Waals surface area contributed by atoms with E-state index >= 15 is 0 Å². The molecule has 2 aliphatic carbocycles. The highest BCUT2D eigenvalue weighted by Gasteiger charge is 2.38. The molecule has 4 nitrogen and oxygen atoms in total. The molecule has 0 spiro atoms. The summed E-state index contributed by atoms with van der Waals surface area (Å²) in [6.45, 7) is 4.67. The van der Waals surface area contributed by atoms with Crippen molar-refractivity contribution in [2.45, 2.75) is 76.9 Å². The number of carbonyl (C=O) groups excluding carboxylic acids is 1. The average Bonchev–Trinajstić information content (AvgIpc) is 3.24. The molecule has 0 aromatic rings. The van der Waals surface area contributed by atoms with Crippen LogP contribution in [0.15, 0.2) is 0 Å².